The molecule has 0 aliphatic carbocycles. The second kappa shape index (κ2) is 6.56. The van der Waals surface area contributed by atoms with E-state index < -0.39 is 5.91 Å². The van der Waals surface area contributed by atoms with Crippen LogP contribution in [-0.2, 0) is 4.79 Å². The highest BCUT2D eigenvalue weighted by Gasteiger charge is 2.10. The number of aromatic nitrogens is 1. The number of hydrogen-bond donors (Lipinski definition) is 2. The molecular formula is C14H11Cl2N3O2. The maximum absolute atomic E-state index is 12.0. The molecule has 0 aliphatic heterocycles. The molecule has 7 heteroatoms. The Morgan fingerprint density at radius 1 is 1.10 bits per heavy atom. The normalized spacial score (nSPS) is 10.0. The van der Waals surface area contributed by atoms with Crippen LogP contribution in [-0.4, -0.2) is 16.8 Å². The number of benzene rings is 1. The minimum absolute atomic E-state index is 0.199. The summed E-state index contributed by atoms with van der Waals surface area (Å²) in [7, 11) is 0. The lowest BCUT2D eigenvalue weighted by Crippen LogP contribution is -2.13. The molecule has 0 saturated heterocycles. The van der Waals surface area contributed by atoms with E-state index in [1.807, 2.05) is 0 Å². The quantitative estimate of drug-likeness (QED) is 0.906. The summed E-state index contributed by atoms with van der Waals surface area (Å²) in [6, 6.07) is 7.81. The zero-order chi connectivity index (χ0) is 15.4. The van der Waals surface area contributed by atoms with Crippen molar-refractivity contribution in [1.29, 1.82) is 0 Å². The van der Waals surface area contributed by atoms with Crippen LogP contribution >= 0.6 is 23.2 Å². The van der Waals surface area contributed by atoms with E-state index in [9.17, 15) is 9.59 Å². The second-order valence-electron chi connectivity index (χ2n) is 4.19. The van der Waals surface area contributed by atoms with Crippen LogP contribution in [0.1, 0.15) is 17.4 Å². The first-order valence-corrected chi connectivity index (χ1v) is 6.71. The maximum Gasteiger partial charge on any atom is 0.274 e. The Bertz CT molecular complexity index is 704. The lowest BCUT2D eigenvalue weighted by atomic mass is 10.2. The van der Waals surface area contributed by atoms with Crippen LogP contribution in [0.5, 0.6) is 0 Å². The van der Waals surface area contributed by atoms with Crippen molar-refractivity contribution in [3.05, 3.63) is 52.3 Å². The summed E-state index contributed by atoms with van der Waals surface area (Å²) < 4.78 is 0. The van der Waals surface area contributed by atoms with E-state index in [4.69, 9.17) is 23.2 Å². The summed E-state index contributed by atoms with van der Waals surface area (Å²) in [5, 5.41) is 5.98. The van der Waals surface area contributed by atoms with Gasteiger partial charge in [0.25, 0.3) is 5.91 Å². The largest absolute Gasteiger partial charge is 0.325 e. The number of nitrogens with zero attached hydrogens (tertiary/aromatic N) is 1. The minimum Gasteiger partial charge on any atom is -0.325 e. The average molecular weight is 324 g/mol. The Labute approximate surface area is 131 Å². The van der Waals surface area contributed by atoms with Crippen LogP contribution in [0.2, 0.25) is 10.0 Å². The highest BCUT2D eigenvalue weighted by atomic mass is 35.5. The third-order valence-corrected chi connectivity index (χ3v) is 3.04. The van der Waals surface area contributed by atoms with Crippen molar-refractivity contribution in [2.45, 2.75) is 6.92 Å². The minimum atomic E-state index is -0.402. The third kappa shape index (κ3) is 4.18. The Balaban J connectivity index is 2.15. The van der Waals surface area contributed by atoms with Gasteiger partial charge in [-0.15, -0.1) is 0 Å². The van der Waals surface area contributed by atoms with Gasteiger partial charge in [-0.1, -0.05) is 23.2 Å². The van der Waals surface area contributed by atoms with Gasteiger partial charge in [0.15, 0.2) is 0 Å². The molecule has 0 aliphatic rings. The predicted octanol–water partition coefficient (Wildman–Crippen LogP) is 3.60. The van der Waals surface area contributed by atoms with Crippen LogP contribution in [0, 0.1) is 0 Å². The number of halogens is 2. The molecule has 0 fully saturated rings. The molecule has 0 atom stereocenters. The zero-order valence-corrected chi connectivity index (χ0v) is 12.5. The van der Waals surface area contributed by atoms with E-state index in [1.54, 1.807) is 18.2 Å². The number of carbonyl (C=O) groups is 2. The molecule has 2 aromatic rings. The lowest BCUT2D eigenvalue weighted by molar-refractivity contribution is -0.114. The standard InChI is InChI=1S/C14H11Cl2N3O2/c1-8(20)18-12-3-2-10(7-11(12)16)19-14(21)13-6-9(15)4-5-17-13/h2-7H,1H3,(H,18,20)(H,19,21). The van der Waals surface area contributed by atoms with Crippen molar-refractivity contribution < 1.29 is 9.59 Å². The molecular weight excluding hydrogens is 313 g/mol. The van der Waals surface area contributed by atoms with Gasteiger partial charge < -0.3 is 10.6 Å². The van der Waals surface area contributed by atoms with Crippen LogP contribution in [0.25, 0.3) is 0 Å². The molecule has 2 N–H and O–H groups in total. The van der Waals surface area contributed by atoms with Crippen molar-refractivity contribution in [3.8, 4) is 0 Å². The molecule has 1 heterocycles. The number of hydrogen-bond acceptors (Lipinski definition) is 3. The first kappa shape index (κ1) is 15.3. The fraction of sp³-hybridized carbons (Fsp3) is 0.0714. The van der Waals surface area contributed by atoms with Gasteiger partial charge >= 0.3 is 0 Å². The van der Waals surface area contributed by atoms with Crippen LogP contribution in [0.4, 0.5) is 11.4 Å². The first-order valence-electron chi connectivity index (χ1n) is 5.96. The Morgan fingerprint density at radius 3 is 2.48 bits per heavy atom. The summed E-state index contributed by atoms with van der Waals surface area (Å²) in [6.45, 7) is 1.39. The van der Waals surface area contributed by atoms with Crippen molar-refractivity contribution in [3.63, 3.8) is 0 Å². The number of nitrogens with one attached hydrogen (secondary N) is 2. The number of anilines is 2. The Morgan fingerprint density at radius 2 is 1.86 bits per heavy atom. The van der Waals surface area contributed by atoms with Crippen molar-refractivity contribution in [2.75, 3.05) is 10.6 Å². The molecule has 0 radical (unpaired) electrons. The molecule has 21 heavy (non-hydrogen) atoms. The molecule has 0 spiro atoms. The summed E-state index contributed by atoms with van der Waals surface area (Å²) in [5.74, 6) is -0.627. The van der Waals surface area contributed by atoms with E-state index in [2.05, 4.69) is 15.6 Å². The SMILES string of the molecule is CC(=O)Nc1ccc(NC(=O)c2cc(Cl)ccn2)cc1Cl. The molecule has 0 saturated carbocycles. The average Bonchev–Trinajstić information content (AvgIpc) is 2.41. The van der Waals surface area contributed by atoms with Gasteiger partial charge in [0.05, 0.1) is 10.7 Å². The highest BCUT2D eigenvalue weighted by Crippen LogP contribution is 2.25. The van der Waals surface area contributed by atoms with Crippen molar-refractivity contribution in [1.82, 2.24) is 4.98 Å². The molecule has 1 aromatic carbocycles. The lowest BCUT2D eigenvalue weighted by Gasteiger charge is -2.09. The van der Waals surface area contributed by atoms with E-state index in [1.165, 1.54) is 25.3 Å². The number of carbonyl (C=O) groups excluding carboxylic acids is 2. The van der Waals surface area contributed by atoms with Crippen LogP contribution < -0.4 is 10.6 Å². The molecule has 5 nitrogen and oxygen atoms in total. The Hall–Kier alpha value is -2.11. The number of rotatable bonds is 3. The number of amides is 2. The zero-order valence-electron chi connectivity index (χ0n) is 11.0. The van der Waals surface area contributed by atoms with Gasteiger partial charge in [-0.05, 0) is 30.3 Å². The van der Waals surface area contributed by atoms with Gasteiger partial charge in [-0.3, -0.25) is 14.6 Å². The van der Waals surface area contributed by atoms with Gasteiger partial charge in [0.2, 0.25) is 5.91 Å². The highest BCUT2D eigenvalue weighted by molar-refractivity contribution is 6.34. The molecule has 0 bridgehead atoms. The molecule has 1 aromatic heterocycles. The van der Waals surface area contributed by atoms with Crippen LogP contribution in [0.3, 0.4) is 0 Å². The molecule has 108 valence electrons. The second-order valence-corrected chi connectivity index (χ2v) is 5.03. The van der Waals surface area contributed by atoms with E-state index >= 15 is 0 Å². The van der Waals surface area contributed by atoms with Gasteiger partial charge in [-0.2, -0.15) is 0 Å². The van der Waals surface area contributed by atoms with E-state index in [0.717, 1.165) is 0 Å². The van der Waals surface area contributed by atoms with E-state index in [-0.39, 0.29) is 11.6 Å². The number of pyridine rings is 1. The summed E-state index contributed by atoms with van der Waals surface area (Å²) in [6.07, 6.45) is 1.45. The first-order chi connectivity index (χ1) is 9.95. The summed E-state index contributed by atoms with van der Waals surface area (Å²) >= 11 is 11.8. The monoisotopic (exact) mass is 323 g/mol. The van der Waals surface area contributed by atoms with Gasteiger partial charge in [-0.25, -0.2) is 0 Å². The summed E-state index contributed by atoms with van der Waals surface area (Å²) in [5.41, 5.74) is 1.16. The molecule has 2 rings (SSSR count). The fourth-order valence-electron chi connectivity index (χ4n) is 1.61. The van der Waals surface area contributed by atoms with Crippen molar-refractivity contribution >= 4 is 46.4 Å². The van der Waals surface area contributed by atoms with Crippen molar-refractivity contribution in [2.24, 2.45) is 0 Å². The van der Waals surface area contributed by atoms with Gasteiger partial charge in [0.1, 0.15) is 5.69 Å². The topological polar surface area (TPSA) is 71.1 Å². The Kier molecular flexibility index (Phi) is 4.77. The predicted molar refractivity (Wildman–Crippen MR) is 83.0 cm³/mol. The van der Waals surface area contributed by atoms with Crippen LogP contribution in [0.15, 0.2) is 36.5 Å². The summed E-state index contributed by atoms with van der Waals surface area (Å²) in [4.78, 5) is 26.9. The fourth-order valence-corrected chi connectivity index (χ4v) is 2.00. The maximum atomic E-state index is 12.0. The van der Waals surface area contributed by atoms with Gasteiger partial charge in [0, 0.05) is 23.8 Å². The molecule has 0 unspecified atom stereocenters. The molecule has 2 amide bonds. The smallest absolute Gasteiger partial charge is 0.274 e. The third-order valence-electron chi connectivity index (χ3n) is 2.49. The van der Waals surface area contributed by atoms with E-state index in [0.29, 0.717) is 21.4 Å².